The first-order valence-corrected chi connectivity index (χ1v) is 7.88. The quantitative estimate of drug-likeness (QED) is 0.811. The van der Waals surface area contributed by atoms with Gasteiger partial charge in [-0.1, -0.05) is 12.1 Å². The van der Waals surface area contributed by atoms with Crippen molar-refractivity contribution in [2.24, 2.45) is 0 Å². The lowest BCUT2D eigenvalue weighted by Gasteiger charge is -2.22. The Balaban J connectivity index is 2.60. The number of nitrogens with one attached hydrogen (secondary N) is 1. The molecule has 0 spiro atoms. The summed E-state index contributed by atoms with van der Waals surface area (Å²) in [5.74, 6) is 0.468. The topological polar surface area (TPSA) is 110 Å². The van der Waals surface area contributed by atoms with Gasteiger partial charge in [0.2, 0.25) is 0 Å². The van der Waals surface area contributed by atoms with Crippen LogP contribution < -0.4 is 16.2 Å². The summed E-state index contributed by atoms with van der Waals surface area (Å²) in [6.07, 6.45) is 0. The summed E-state index contributed by atoms with van der Waals surface area (Å²) >= 11 is 5.80. The Morgan fingerprint density at radius 1 is 1.21 bits per heavy atom. The third-order valence-corrected chi connectivity index (χ3v) is 3.89. The van der Waals surface area contributed by atoms with Crippen LogP contribution in [0.5, 0.6) is 0 Å². The van der Waals surface area contributed by atoms with Crippen LogP contribution in [0, 0.1) is 22.7 Å². The highest BCUT2D eigenvalue weighted by Crippen LogP contribution is 2.29. The van der Waals surface area contributed by atoms with Gasteiger partial charge in [-0.3, -0.25) is 4.79 Å². The van der Waals surface area contributed by atoms with Gasteiger partial charge >= 0.3 is 0 Å². The summed E-state index contributed by atoms with van der Waals surface area (Å²) in [7, 11) is 0. The number of nitrogen functional groups attached to an aromatic ring is 1. The van der Waals surface area contributed by atoms with Gasteiger partial charge in [-0.2, -0.15) is 10.5 Å². The number of halogens is 1. The first kappa shape index (κ1) is 17.4. The second kappa shape index (κ2) is 7.54. The maximum absolute atomic E-state index is 11.9. The van der Waals surface area contributed by atoms with E-state index < -0.39 is 5.56 Å². The maximum Gasteiger partial charge on any atom is 0.268 e. The molecule has 0 bridgehead atoms. The fourth-order valence-corrected chi connectivity index (χ4v) is 2.75. The number of hydrogen-bond acceptors (Lipinski definition) is 5. The van der Waals surface area contributed by atoms with Crippen LogP contribution in [0.4, 0.5) is 11.5 Å². The minimum absolute atomic E-state index is 0.0436. The molecule has 3 N–H and O–H groups in total. The second-order valence-corrected chi connectivity index (χ2v) is 5.41. The zero-order valence-electron chi connectivity index (χ0n) is 13.1. The Morgan fingerprint density at radius 3 is 2.33 bits per heavy atom. The standard InChI is InChI=1S/C17H16ClN5O/c1-2-23(8-7-18)12-5-3-11(4-6-12)15-13(9-19)16(21)22-17(24)14(15)10-20/h3-6H,2,7-8H2,1H3,(H3,21,22,24). The summed E-state index contributed by atoms with van der Waals surface area (Å²) in [6.45, 7) is 3.54. The Morgan fingerprint density at radius 2 is 1.83 bits per heavy atom. The van der Waals surface area contributed by atoms with E-state index in [1.807, 2.05) is 31.2 Å². The number of nitrogens with zero attached hydrogens (tertiary/aromatic N) is 3. The van der Waals surface area contributed by atoms with E-state index in [0.29, 0.717) is 18.0 Å². The molecule has 122 valence electrons. The molecule has 0 unspecified atom stereocenters. The number of pyridine rings is 1. The van der Waals surface area contributed by atoms with Crippen molar-refractivity contribution >= 4 is 23.1 Å². The van der Waals surface area contributed by atoms with E-state index in [9.17, 15) is 15.3 Å². The zero-order chi connectivity index (χ0) is 17.7. The maximum atomic E-state index is 11.9. The minimum Gasteiger partial charge on any atom is -0.384 e. The SMILES string of the molecule is CCN(CCCl)c1ccc(-c2c(C#N)c(N)[nH]c(=O)c2C#N)cc1. The van der Waals surface area contributed by atoms with Gasteiger partial charge in [0.05, 0.1) is 0 Å². The lowest BCUT2D eigenvalue weighted by Crippen LogP contribution is -2.24. The average Bonchev–Trinajstić information content (AvgIpc) is 2.59. The van der Waals surface area contributed by atoms with E-state index in [0.717, 1.165) is 12.2 Å². The molecule has 2 aromatic rings. The fraction of sp³-hybridized carbons (Fsp3) is 0.235. The lowest BCUT2D eigenvalue weighted by molar-refractivity contribution is 0.870. The van der Waals surface area contributed by atoms with Gasteiger partial charge in [0.1, 0.15) is 29.1 Å². The molecular weight excluding hydrogens is 326 g/mol. The van der Waals surface area contributed by atoms with Crippen molar-refractivity contribution in [3.63, 3.8) is 0 Å². The molecule has 0 radical (unpaired) electrons. The number of alkyl halides is 1. The van der Waals surface area contributed by atoms with E-state index in [1.165, 1.54) is 0 Å². The summed E-state index contributed by atoms with van der Waals surface area (Å²) in [6, 6.07) is 11.1. The smallest absolute Gasteiger partial charge is 0.268 e. The molecule has 7 heteroatoms. The molecule has 0 saturated heterocycles. The molecule has 1 aromatic carbocycles. The number of nitriles is 2. The van der Waals surface area contributed by atoms with Crippen LogP contribution in [0.2, 0.25) is 0 Å². The normalized spacial score (nSPS) is 10.0. The van der Waals surface area contributed by atoms with E-state index in [1.54, 1.807) is 12.1 Å². The van der Waals surface area contributed by atoms with Crippen molar-refractivity contribution in [3.05, 3.63) is 45.7 Å². The Bertz CT molecular complexity index is 874. The molecule has 0 aliphatic rings. The van der Waals surface area contributed by atoms with Crippen molar-refractivity contribution < 1.29 is 0 Å². The van der Waals surface area contributed by atoms with Crippen molar-refractivity contribution in [2.75, 3.05) is 29.6 Å². The monoisotopic (exact) mass is 341 g/mol. The number of rotatable bonds is 5. The van der Waals surface area contributed by atoms with Crippen molar-refractivity contribution in [3.8, 4) is 23.3 Å². The van der Waals surface area contributed by atoms with Crippen LogP contribution >= 0.6 is 11.6 Å². The van der Waals surface area contributed by atoms with Crippen LogP contribution in [0.15, 0.2) is 29.1 Å². The molecule has 0 aliphatic heterocycles. The summed E-state index contributed by atoms with van der Waals surface area (Å²) in [5.41, 5.74) is 6.90. The van der Waals surface area contributed by atoms with Crippen LogP contribution in [0.1, 0.15) is 18.1 Å². The number of nitrogens with two attached hydrogens (primary N) is 1. The van der Waals surface area contributed by atoms with Crippen LogP contribution in [0.3, 0.4) is 0 Å². The number of hydrogen-bond donors (Lipinski definition) is 2. The van der Waals surface area contributed by atoms with Crippen molar-refractivity contribution in [1.29, 1.82) is 10.5 Å². The van der Waals surface area contributed by atoms with Crippen molar-refractivity contribution in [2.45, 2.75) is 6.92 Å². The van der Waals surface area contributed by atoms with Gasteiger partial charge in [0.25, 0.3) is 5.56 Å². The predicted molar refractivity (Wildman–Crippen MR) is 94.9 cm³/mol. The Kier molecular flexibility index (Phi) is 5.47. The molecular formula is C17H16ClN5O. The highest BCUT2D eigenvalue weighted by atomic mass is 35.5. The molecule has 1 heterocycles. The van der Waals surface area contributed by atoms with Gasteiger partial charge in [-0.25, -0.2) is 0 Å². The molecule has 0 atom stereocenters. The summed E-state index contributed by atoms with van der Waals surface area (Å²) in [4.78, 5) is 16.4. The second-order valence-electron chi connectivity index (χ2n) is 5.03. The molecule has 6 nitrogen and oxygen atoms in total. The third kappa shape index (κ3) is 3.19. The minimum atomic E-state index is -0.606. The summed E-state index contributed by atoms with van der Waals surface area (Å²) < 4.78 is 0. The number of H-pyrrole nitrogens is 1. The van der Waals surface area contributed by atoms with Gasteiger partial charge < -0.3 is 15.6 Å². The molecule has 0 amide bonds. The molecule has 24 heavy (non-hydrogen) atoms. The highest BCUT2D eigenvalue weighted by molar-refractivity contribution is 6.18. The first-order chi connectivity index (χ1) is 11.6. The Hall–Kier alpha value is -2.96. The van der Waals surface area contributed by atoms with E-state index in [4.69, 9.17) is 17.3 Å². The van der Waals surface area contributed by atoms with Crippen molar-refractivity contribution in [1.82, 2.24) is 4.98 Å². The molecule has 0 aliphatic carbocycles. The average molecular weight is 342 g/mol. The predicted octanol–water partition coefficient (Wildman–Crippen LogP) is 2.43. The first-order valence-electron chi connectivity index (χ1n) is 7.34. The van der Waals surface area contributed by atoms with E-state index in [-0.39, 0.29) is 22.5 Å². The van der Waals surface area contributed by atoms with Gasteiger partial charge in [0, 0.05) is 30.2 Å². The summed E-state index contributed by atoms with van der Waals surface area (Å²) in [5, 5.41) is 18.6. The van der Waals surface area contributed by atoms with Gasteiger partial charge in [0.15, 0.2) is 0 Å². The third-order valence-electron chi connectivity index (χ3n) is 3.73. The van der Waals surface area contributed by atoms with Gasteiger partial charge in [-0.15, -0.1) is 11.6 Å². The molecule has 0 saturated carbocycles. The molecule has 2 rings (SSSR count). The Labute approximate surface area is 144 Å². The zero-order valence-corrected chi connectivity index (χ0v) is 13.9. The number of aromatic amines is 1. The van der Waals surface area contributed by atoms with Gasteiger partial charge in [-0.05, 0) is 24.6 Å². The van der Waals surface area contributed by atoms with E-state index >= 15 is 0 Å². The van der Waals surface area contributed by atoms with Crippen LogP contribution in [0.25, 0.3) is 11.1 Å². The lowest BCUT2D eigenvalue weighted by atomic mass is 9.96. The largest absolute Gasteiger partial charge is 0.384 e. The number of benzene rings is 1. The van der Waals surface area contributed by atoms with Crippen LogP contribution in [-0.2, 0) is 0 Å². The highest BCUT2D eigenvalue weighted by Gasteiger charge is 2.18. The number of anilines is 2. The van der Waals surface area contributed by atoms with E-state index in [2.05, 4.69) is 9.88 Å². The van der Waals surface area contributed by atoms with Crippen LogP contribution in [-0.4, -0.2) is 24.0 Å². The number of aromatic nitrogens is 1. The molecule has 0 fully saturated rings. The fourth-order valence-electron chi connectivity index (χ4n) is 2.54. The molecule has 1 aromatic heterocycles.